The van der Waals surface area contributed by atoms with Gasteiger partial charge < -0.3 is 0 Å². The maximum atomic E-state index is 14.5. The summed E-state index contributed by atoms with van der Waals surface area (Å²) in [5.74, 6) is -1.15. The van der Waals surface area contributed by atoms with Crippen LogP contribution in [0.2, 0.25) is 0 Å². The number of hydrogen-bond donors (Lipinski definition) is 0. The molecule has 1 unspecified atom stereocenters. The summed E-state index contributed by atoms with van der Waals surface area (Å²) in [4.78, 5) is 27.8. The highest BCUT2D eigenvalue weighted by Gasteiger charge is 2.45. The lowest BCUT2D eigenvalue weighted by molar-refractivity contribution is -0.121. The summed E-state index contributed by atoms with van der Waals surface area (Å²) in [7, 11) is 0. The fourth-order valence-corrected chi connectivity index (χ4v) is 5.34. The molecule has 4 rings (SSSR count). The Balaban J connectivity index is 1.90. The van der Waals surface area contributed by atoms with E-state index in [1.165, 1.54) is 29.2 Å². The van der Waals surface area contributed by atoms with Gasteiger partial charge in [0.15, 0.2) is 10.1 Å². The first-order chi connectivity index (χ1) is 13.3. The van der Waals surface area contributed by atoms with E-state index in [9.17, 15) is 14.0 Å². The number of nitrogens with zero attached hydrogens (tertiary/aromatic N) is 3. The smallest absolute Gasteiger partial charge is 0.234 e. The number of aromatic nitrogens is 2. The summed E-state index contributed by atoms with van der Waals surface area (Å²) < 4.78 is 15.3. The van der Waals surface area contributed by atoms with Crippen molar-refractivity contribution >= 4 is 39.9 Å². The van der Waals surface area contributed by atoms with E-state index in [0.717, 1.165) is 4.34 Å². The molecule has 1 aromatic carbocycles. The van der Waals surface area contributed by atoms with Gasteiger partial charge in [-0.3, -0.25) is 14.5 Å². The molecule has 146 valence electrons. The van der Waals surface area contributed by atoms with Crippen LogP contribution in [0, 0.1) is 11.2 Å². The molecule has 0 spiro atoms. The Bertz CT molecular complexity index is 999. The first kappa shape index (κ1) is 19.3. The van der Waals surface area contributed by atoms with Crippen LogP contribution in [0.25, 0.3) is 0 Å². The van der Waals surface area contributed by atoms with Crippen LogP contribution in [-0.4, -0.2) is 28.1 Å². The number of ketones is 1. The predicted molar refractivity (Wildman–Crippen MR) is 108 cm³/mol. The fraction of sp³-hybridized carbons (Fsp3) is 0.400. The summed E-state index contributed by atoms with van der Waals surface area (Å²) >= 11 is 2.79. The Labute approximate surface area is 171 Å². The van der Waals surface area contributed by atoms with Crippen LogP contribution in [0.1, 0.15) is 44.6 Å². The number of anilines is 1. The Morgan fingerprint density at radius 3 is 2.64 bits per heavy atom. The van der Waals surface area contributed by atoms with Crippen LogP contribution in [0.15, 0.2) is 39.9 Å². The van der Waals surface area contributed by atoms with E-state index in [1.807, 2.05) is 20.1 Å². The maximum absolute atomic E-state index is 14.5. The van der Waals surface area contributed by atoms with Crippen molar-refractivity contribution in [3.05, 3.63) is 46.9 Å². The molecule has 0 radical (unpaired) electrons. The standard InChI is InChI=1S/C20H20FN3O2S2/c1-20(2)9-14-17(15(25)10-20)12(11-6-4-5-7-13(11)21)8-16(26)24(14)18-22-23-19(27-3)28-18/h4-7,12H,8-10H2,1-3H3. The zero-order valence-electron chi connectivity index (χ0n) is 15.9. The summed E-state index contributed by atoms with van der Waals surface area (Å²) in [5.41, 5.74) is 1.32. The largest absolute Gasteiger partial charge is 0.294 e. The number of amides is 1. The van der Waals surface area contributed by atoms with Gasteiger partial charge in [0.2, 0.25) is 11.0 Å². The number of rotatable bonds is 3. The van der Waals surface area contributed by atoms with E-state index in [1.54, 1.807) is 23.1 Å². The Kier molecular flexibility index (Phi) is 4.87. The lowest BCUT2D eigenvalue weighted by Gasteiger charge is -2.41. The number of hydrogen-bond acceptors (Lipinski definition) is 6. The number of benzene rings is 1. The maximum Gasteiger partial charge on any atom is 0.234 e. The number of carbonyl (C=O) groups excluding carboxylic acids is 2. The minimum atomic E-state index is -0.559. The van der Waals surface area contributed by atoms with Crippen LogP contribution in [0.5, 0.6) is 0 Å². The molecule has 1 aliphatic carbocycles. The SMILES string of the molecule is CSc1nnc(N2C(=O)CC(c3ccccc3F)C3=C2CC(C)(C)CC3=O)s1. The van der Waals surface area contributed by atoms with Gasteiger partial charge in [-0.1, -0.05) is 55.1 Å². The second-order valence-corrected chi connectivity index (χ2v) is 9.87. The molecule has 28 heavy (non-hydrogen) atoms. The zero-order chi connectivity index (χ0) is 20.1. The zero-order valence-corrected chi connectivity index (χ0v) is 17.5. The van der Waals surface area contributed by atoms with Gasteiger partial charge in [0.25, 0.3) is 0 Å². The average molecular weight is 418 g/mol. The highest BCUT2D eigenvalue weighted by molar-refractivity contribution is 8.00. The van der Waals surface area contributed by atoms with Crippen molar-refractivity contribution in [1.29, 1.82) is 0 Å². The van der Waals surface area contributed by atoms with Gasteiger partial charge in [-0.15, -0.1) is 10.2 Å². The van der Waals surface area contributed by atoms with Crippen LogP contribution in [-0.2, 0) is 9.59 Å². The first-order valence-corrected chi connectivity index (χ1v) is 11.1. The lowest BCUT2D eigenvalue weighted by atomic mass is 9.69. The molecule has 0 N–H and O–H groups in total. The van der Waals surface area contributed by atoms with Crippen LogP contribution in [0.4, 0.5) is 9.52 Å². The molecular formula is C20H20FN3O2S2. The van der Waals surface area contributed by atoms with Crippen molar-refractivity contribution in [2.24, 2.45) is 5.41 Å². The second-order valence-electron chi connectivity index (χ2n) is 7.86. The van der Waals surface area contributed by atoms with E-state index in [2.05, 4.69) is 10.2 Å². The number of halogens is 1. The lowest BCUT2D eigenvalue weighted by Crippen LogP contribution is -2.43. The van der Waals surface area contributed by atoms with Gasteiger partial charge in [-0.2, -0.15) is 0 Å². The normalized spacial score (nSPS) is 21.9. The molecule has 2 aromatic rings. The quantitative estimate of drug-likeness (QED) is 0.541. The van der Waals surface area contributed by atoms with Crippen molar-refractivity contribution in [2.75, 3.05) is 11.2 Å². The van der Waals surface area contributed by atoms with Gasteiger partial charge in [-0.05, 0) is 29.7 Å². The first-order valence-electron chi connectivity index (χ1n) is 9.02. The number of carbonyl (C=O) groups is 2. The van der Waals surface area contributed by atoms with Crippen molar-refractivity contribution in [1.82, 2.24) is 10.2 Å². The minimum Gasteiger partial charge on any atom is -0.294 e. The summed E-state index contributed by atoms with van der Waals surface area (Å²) in [6.07, 6.45) is 2.87. The van der Waals surface area contributed by atoms with E-state index in [-0.39, 0.29) is 29.3 Å². The number of allylic oxidation sites excluding steroid dienone is 2. The van der Waals surface area contributed by atoms with Crippen LogP contribution in [0.3, 0.4) is 0 Å². The van der Waals surface area contributed by atoms with E-state index in [0.29, 0.717) is 34.8 Å². The van der Waals surface area contributed by atoms with Crippen molar-refractivity contribution < 1.29 is 14.0 Å². The Morgan fingerprint density at radius 1 is 1.21 bits per heavy atom. The summed E-state index contributed by atoms with van der Waals surface area (Å²) in [6.45, 7) is 4.02. The van der Waals surface area contributed by atoms with Gasteiger partial charge in [0, 0.05) is 30.0 Å². The fourth-order valence-electron chi connectivity index (χ4n) is 4.04. The molecular weight excluding hydrogens is 397 g/mol. The number of Topliss-reactive ketones (excluding diaryl/α,β-unsaturated/α-hetero) is 1. The van der Waals surface area contributed by atoms with Crippen molar-refractivity contribution in [3.8, 4) is 0 Å². The molecule has 5 nitrogen and oxygen atoms in total. The predicted octanol–water partition coefficient (Wildman–Crippen LogP) is 4.56. The molecule has 0 bridgehead atoms. The molecule has 1 aromatic heterocycles. The third kappa shape index (κ3) is 3.28. The second kappa shape index (κ2) is 7.08. The topological polar surface area (TPSA) is 63.2 Å². The molecule has 8 heteroatoms. The third-order valence-electron chi connectivity index (χ3n) is 5.19. The van der Waals surface area contributed by atoms with Crippen molar-refractivity contribution in [3.63, 3.8) is 0 Å². The summed E-state index contributed by atoms with van der Waals surface area (Å²) in [6, 6.07) is 6.39. The molecule has 1 aliphatic heterocycles. The average Bonchev–Trinajstić information content (AvgIpc) is 3.09. The van der Waals surface area contributed by atoms with Gasteiger partial charge in [0.05, 0.1) is 0 Å². The molecule has 2 aliphatic rings. The summed E-state index contributed by atoms with van der Waals surface area (Å²) in [5, 5.41) is 8.74. The van der Waals surface area contributed by atoms with Gasteiger partial charge >= 0.3 is 0 Å². The van der Waals surface area contributed by atoms with E-state index >= 15 is 0 Å². The Morgan fingerprint density at radius 2 is 1.96 bits per heavy atom. The van der Waals surface area contributed by atoms with Crippen LogP contribution < -0.4 is 4.90 Å². The number of thioether (sulfide) groups is 1. The molecule has 0 saturated carbocycles. The third-order valence-corrected chi connectivity index (χ3v) is 7.07. The Hall–Kier alpha value is -2.06. The van der Waals surface area contributed by atoms with Crippen LogP contribution >= 0.6 is 23.1 Å². The highest BCUT2D eigenvalue weighted by Crippen LogP contribution is 2.49. The van der Waals surface area contributed by atoms with E-state index in [4.69, 9.17) is 0 Å². The van der Waals surface area contributed by atoms with E-state index < -0.39 is 5.92 Å². The molecule has 0 fully saturated rings. The molecule has 1 amide bonds. The molecule has 2 heterocycles. The van der Waals surface area contributed by atoms with Gasteiger partial charge in [-0.25, -0.2) is 4.39 Å². The van der Waals surface area contributed by atoms with Crippen molar-refractivity contribution in [2.45, 2.75) is 43.4 Å². The minimum absolute atomic E-state index is 0.0217. The van der Waals surface area contributed by atoms with Gasteiger partial charge in [0.1, 0.15) is 5.82 Å². The molecule has 1 atom stereocenters. The molecule has 0 saturated heterocycles. The highest BCUT2D eigenvalue weighted by atomic mass is 32.2. The monoisotopic (exact) mass is 417 g/mol.